The van der Waals surface area contributed by atoms with Crippen molar-refractivity contribution in [2.75, 3.05) is 22.1 Å². The molecule has 0 aromatic heterocycles. The van der Waals surface area contributed by atoms with Crippen LogP contribution in [0.4, 0.5) is 17.1 Å². The fraction of sp³-hybridized carbons (Fsp3) is 0.143. The molecule has 0 fully saturated rings. The lowest BCUT2D eigenvalue weighted by Gasteiger charge is -2.18. The summed E-state index contributed by atoms with van der Waals surface area (Å²) < 4.78 is 5.14. The number of carbonyl (C=O) groups is 4. The number of rotatable bonds is 8. The summed E-state index contributed by atoms with van der Waals surface area (Å²) in [5, 5.41) is 5.73. The van der Waals surface area contributed by atoms with Crippen LogP contribution in [0, 0.1) is 6.92 Å². The van der Waals surface area contributed by atoms with Crippen molar-refractivity contribution in [3.8, 4) is 0 Å². The van der Waals surface area contributed by atoms with Crippen LogP contribution in [-0.4, -0.2) is 30.3 Å². The van der Waals surface area contributed by atoms with Gasteiger partial charge in [0.05, 0.1) is 17.9 Å². The molecule has 1 aliphatic rings. The third-order valence-electron chi connectivity index (χ3n) is 5.69. The number of amides is 3. The molecular weight excluding hydrogens is 529 g/mol. The summed E-state index contributed by atoms with van der Waals surface area (Å²) in [7, 11) is 0. The quantitative estimate of drug-likeness (QED) is 0.266. The maximum Gasteiger partial charge on any atom is 0.338 e. The van der Waals surface area contributed by atoms with E-state index in [1.807, 2.05) is 6.92 Å². The fourth-order valence-corrected chi connectivity index (χ4v) is 4.14. The van der Waals surface area contributed by atoms with Gasteiger partial charge in [0, 0.05) is 22.0 Å². The zero-order valence-corrected chi connectivity index (χ0v) is 22.0. The second-order valence-corrected chi connectivity index (χ2v) is 9.18. The summed E-state index contributed by atoms with van der Waals surface area (Å²) in [5.74, 6) is -2.25. The predicted octanol–water partition coefficient (Wildman–Crippen LogP) is 5.90. The van der Waals surface area contributed by atoms with E-state index in [0.717, 1.165) is 4.90 Å². The molecule has 0 saturated carbocycles. The molecule has 38 heavy (non-hydrogen) atoms. The van der Waals surface area contributed by atoms with E-state index >= 15 is 0 Å². The zero-order valence-electron chi connectivity index (χ0n) is 20.5. The van der Waals surface area contributed by atoms with Crippen molar-refractivity contribution in [2.45, 2.75) is 20.3 Å². The number of nitrogens with zero attached hydrogens (tertiary/aromatic N) is 1. The summed E-state index contributed by atoms with van der Waals surface area (Å²) in [6.45, 7) is 3.90. The standard InChI is InChI=1S/C28H23Cl2N3O5/c1-3-13-38-28(37)18-8-5-10-20(15-18)32-25(34)17-7-4-9-19(14-17)31-24-23(30)26(35)33(27(24)36)22-12-6-11-21(29)16(22)2/h4-12,14-15,31H,3,13H2,1-2H3,(H,32,34). The van der Waals surface area contributed by atoms with Crippen molar-refractivity contribution in [1.29, 1.82) is 0 Å². The number of anilines is 3. The van der Waals surface area contributed by atoms with Crippen molar-refractivity contribution < 1.29 is 23.9 Å². The molecule has 10 heteroatoms. The first-order chi connectivity index (χ1) is 18.2. The second-order valence-electron chi connectivity index (χ2n) is 8.40. The lowest BCUT2D eigenvalue weighted by Crippen LogP contribution is -2.32. The first kappa shape index (κ1) is 26.9. The number of carbonyl (C=O) groups excluding carboxylic acids is 4. The number of hydrogen-bond donors (Lipinski definition) is 2. The fourth-order valence-electron chi connectivity index (χ4n) is 3.76. The second kappa shape index (κ2) is 11.5. The van der Waals surface area contributed by atoms with E-state index in [2.05, 4.69) is 10.6 Å². The largest absolute Gasteiger partial charge is 0.462 e. The highest BCUT2D eigenvalue weighted by Gasteiger charge is 2.39. The van der Waals surface area contributed by atoms with E-state index in [-0.39, 0.29) is 16.3 Å². The molecule has 0 saturated heterocycles. The normalized spacial score (nSPS) is 13.1. The van der Waals surface area contributed by atoms with Gasteiger partial charge in [-0.15, -0.1) is 0 Å². The van der Waals surface area contributed by atoms with Crippen LogP contribution < -0.4 is 15.5 Å². The van der Waals surface area contributed by atoms with Gasteiger partial charge in [-0.25, -0.2) is 9.69 Å². The number of hydrogen-bond acceptors (Lipinski definition) is 6. The molecule has 3 amide bonds. The van der Waals surface area contributed by atoms with E-state index in [9.17, 15) is 19.2 Å². The Kier molecular flexibility index (Phi) is 8.14. The molecular formula is C28H23Cl2N3O5. The molecule has 3 aromatic rings. The summed E-state index contributed by atoms with van der Waals surface area (Å²) in [4.78, 5) is 52.0. The predicted molar refractivity (Wildman–Crippen MR) is 147 cm³/mol. The van der Waals surface area contributed by atoms with E-state index in [1.165, 1.54) is 12.1 Å². The van der Waals surface area contributed by atoms with Crippen molar-refractivity contribution in [3.05, 3.63) is 99.2 Å². The molecule has 0 unspecified atom stereocenters. The van der Waals surface area contributed by atoms with Crippen LogP contribution in [0.5, 0.6) is 0 Å². The Morgan fingerprint density at radius 3 is 2.29 bits per heavy atom. The highest BCUT2D eigenvalue weighted by Crippen LogP contribution is 2.34. The maximum atomic E-state index is 13.1. The van der Waals surface area contributed by atoms with Gasteiger partial charge in [-0.05, 0) is 67.4 Å². The summed E-state index contributed by atoms with van der Waals surface area (Å²) >= 11 is 12.4. The Bertz CT molecular complexity index is 1480. The topological polar surface area (TPSA) is 105 Å². The number of ether oxygens (including phenoxy) is 1. The minimum atomic E-state index is -0.684. The maximum absolute atomic E-state index is 13.1. The monoisotopic (exact) mass is 551 g/mol. The highest BCUT2D eigenvalue weighted by molar-refractivity contribution is 6.53. The molecule has 0 bridgehead atoms. The van der Waals surface area contributed by atoms with Crippen LogP contribution in [0.1, 0.15) is 39.6 Å². The molecule has 0 aliphatic carbocycles. The Labute approximate surface area is 229 Å². The van der Waals surface area contributed by atoms with Gasteiger partial charge in [-0.2, -0.15) is 0 Å². The Morgan fingerprint density at radius 1 is 0.895 bits per heavy atom. The van der Waals surface area contributed by atoms with Gasteiger partial charge >= 0.3 is 5.97 Å². The molecule has 0 radical (unpaired) electrons. The lowest BCUT2D eigenvalue weighted by atomic mass is 10.1. The Morgan fingerprint density at radius 2 is 1.55 bits per heavy atom. The van der Waals surface area contributed by atoms with Crippen LogP contribution in [0.25, 0.3) is 0 Å². The summed E-state index contributed by atoms with van der Waals surface area (Å²) in [5.41, 5.74) is 2.14. The van der Waals surface area contributed by atoms with Gasteiger partial charge in [-0.3, -0.25) is 14.4 Å². The minimum Gasteiger partial charge on any atom is -0.462 e. The van der Waals surface area contributed by atoms with Gasteiger partial charge < -0.3 is 15.4 Å². The van der Waals surface area contributed by atoms with Crippen LogP contribution in [0.3, 0.4) is 0 Å². The number of benzene rings is 3. The third-order valence-corrected chi connectivity index (χ3v) is 6.45. The molecule has 0 atom stereocenters. The van der Waals surface area contributed by atoms with Crippen LogP contribution >= 0.6 is 23.2 Å². The van der Waals surface area contributed by atoms with Gasteiger partial charge in [0.15, 0.2) is 0 Å². The van der Waals surface area contributed by atoms with Crippen molar-refractivity contribution in [2.24, 2.45) is 0 Å². The van der Waals surface area contributed by atoms with E-state index < -0.39 is 23.7 Å². The molecule has 8 nitrogen and oxygen atoms in total. The molecule has 1 heterocycles. The van der Waals surface area contributed by atoms with Gasteiger partial charge in [0.25, 0.3) is 17.7 Å². The zero-order chi connectivity index (χ0) is 27.4. The molecule has 1 aliphatic heterocycles. The molecule has 2 N–H and O–H groups in total. The first-order valence-corrected chi connectivity index (χ1v) is 12.5. The van der Waals surface area contributed by atoms with E-state index in [1.54, 1.807) is 61.5 Å². The van der Waals surface area contributed by atoms with Gasteiger partial charge in [-0.1, -0.05) is 48.3 Å². The highest BCUT2D eigenvalue weighted by atomic mass is 35.5. The smallest absolute Gasteiger partial charge is 0.338 e. The summed E-state index contributed by atoms with van der Waals surface area (Å²) in [6.07, 6.45) is 0.701. The number of halogens is 2. The third kappa shape index (κ3) is 5.56. The van der Waals surface area contributed by atoms with Crippen LogP contribution in [0.2, 0.25) is 5.02 Å². The molecule has 3 aromatic carbocycles. The average Bonchev–Trinajstić information content (AvgIpc) is 3.12. The number of esters is 1. The Balaban J connectivity index is 1.50. The molecule has 4 rings (SSSR count). The number of imide groups is 1. The van der Waals surface area contributed by atoms with E-state index in [4.69, 9.17) is 27.9 Å². The molecule has 0 spiro atoms. The van der Waals surface area contributed by atoms with Crippen molar-refractivity contribution in [1.82, 2.24) is 0 Å². The van der Waals surface area contributed by atoms with Gasteiger partial charge in [0.1, 0.15) is 10.7 Å². The number of nitrogens with one attached hydrogen (secondary N) is 2. The van der Waals surface area contributed by atoms with Crippen molar-refractivity contribution >= 4 is 64.0 Å². The van der Waals surface area contributed by atoms with Crippen LogP contribution in [-0.2, 0) is 14.3 Å². The summed E-state index contributed by atoms with van der Waals surface area (Å²) in [6, 6.07) is 17.6. The minimum absolute atomic E-state index is 0.119. The van der Waals surface area contributed by atoms with E-state index in [0.29, 0.717) is 46.2 Å². The Hall–Kier alpha value is -4.14. The lowest BCUT2D eigenvalue weighted by molar-refractivity contribution is -0.120. The molecule has 194 valence electrons. The van der Waals surface area contributed by atoms with Crippen LogP contribution in [0.15, 0.2) is 77.5 Å². The average molecular weight is 552 g/mol. The van der Waals surface area contributed by atoms with Crippen molar-refractivity contribution in [3.63, 3.8) is 0 Å². The van der Waals surface area contributed by atoms with Gasteiger partial charge in [0.2, 0.25) is 0 Å². The first-order valence-electron chi connectivity index (χ1n) is 11.7. The SMILES string of the molecule is CCCOC(=O)c1cccc(NC(=O)c2cccc(NC3=C(Cl)C(=O)N(c4cccc(Cl)c4C)C3=O)c2)c1.